The molecule has 1 heterocycles. The van der Waals surface area contributed by atoms with Crippen molar-refractivity contribution >= 4 is 0 Å². The lowest BCUT2D eigenvalue weighted by molar-refractivity contribution is -0.150. The van der Waals surface area contributed by atoms with Gasteiger partial charge in [-0.2, -0.15) is 0 Å². The Hall–Kier alpha value is -0.120. The molecule has 2 rings (SSSR count). The van der Waals surface area contributed by atoms with Gasteiger partial charge in [0.25, 0.3) is 0 Å². The molecule has 0 amide bonds. The topological polar surface area (TPSA) is 24.5 Å². The van der Waals surface area contributed by atoms with Gasteiger partial charge in [0.15, 0.2) is 0 Å². The van der Waals surface area contributed by atoms with E-state index in [1.54, 1.807) is 0 Å². The van der Waals surface area contributed by atoms with Crippen molar-refractivity contribution in [2.24, 2.45) is 5.41 Å². The maximum atomic E-state index is 5.54. The number of nitrogens with one attached hydrogen (secondary N) is 1. The molecule has 2 aliphatic rings. The van der Waals surface area contributed by atoms with Gasteiger partial charge in [-0.3, -0.25) is 4.90 Å². The highest BCUT2D eigenvalue weighted by Gasteiger charge is 2.52. The zero-order valence-corrected chi connectivity index (χ0v) is 11.3. The second-order valence-electron chi connectivity index (χ2n) is 6.15. The third-order valence-corrected chi connectivity index (χ3v) is 4.62. The first-order chi connectivity index (χ1) is 7.46. The monoisotopic (exact) mass is 226 g/mol. The Balaban J connectivity index is 2.02. The molecule has 0 radical (unpaired) electrons. The Labute approximate surface area is 99.5 Å². The quantitative estimate of drug-likeness (QED) is 0.772. The third-order valence-electron chi connectivity index (χ3n) is 4.62. The van der Waals surface area contributed by atoms with Crippen molar-refractivity contribution in [3.8, 4) is 0 Å². The number of piperazine rings is 1. The average Bonchev–Trinajstić information content (AvgIpc) is 2.22. The van der Waals surface area contributed by atoms with Gasteiger partial charge in [0.2, 0.25) is 0 Å². The van der Waals surface area contributed by atoms with Gasteiger partial charge in [-0.1, -0.05) is 13.8 Å². The number of hydrogen-bond donors (Lipinski definition) is 1. The van der Waals surface area contributed by atoms with E-state index in [0.29, 0.717) is 29.6 Å². The normalized spacial score (nSPS) is 44.1. The minimum absolute atomic E-state index is 0.306. The molecule has 3 nitrogen and oxygen atoms in total. The molecular weight excluding hydrogens is 200 g/mol. The van der Waals surface area contributed by atoms with Crippen LogP contribution in [0, 0.1) is 5.41 Å². The summed E-state index contributed by atoms with van der Waals surface area (Å²) in [5.41, 5.74) is 0.306. The van der Waals surface area contributed by atoms with Crippen LogP contribution in [-0.2, 0) is 4.74 Å². The molecule has 4 unspecified atom stereocenters. The maximum Gasteiger partial charge on any atom is 0.0652 e. The van der Waals surface area contributed by atoms with Crippen LogP contribution in [0.3, 0.4) is 0 Å². The van der Waals surface area contributed by atoms with Gasteiger partial charge >= 0.3 is 0 Å². The van der Waals surface area contributed by atoms with E-state index in [1.165, 1.54) is 13.0 Å². The predicted octanol–water partition coefficient (Wildman–Crippen LogP) is 1.48. The molecule has 16 heavy (non-hydrogen) atoms. The summed E-state index contributed by atoms with van der Waals surface area (Å²) < 4.78 is 5.54. The first kappa shape index (κ1) is 12.3. The molecule has 94 valence electrons. The fourth-order valence-electron chi connectivity index (χ4n) is 3.31. The molecule has 4 atom stereocenters. The highest BCUT2D eigenvalue weighted by molar-refractivity contribution is 5.06. The molecule has 0 aromatic rings. The zero-order valence-electron chi connectivity index (χ0n) is 11.3. The Morgan fingerprint density at radius 2 is 2.00 bits per heavy atom. The summed E-state index contributed by atoms with van der Waals surface area (Å²) in [5, 5.41) is 3.54. The largest absolute Gasteiger partial charge is 0.381 e. The summed E-state index contributed by atoms with van der Waals surface area (Å²) in [6, 6.07) is 1.96. The van der Waals surface area contributed by atoms with E-state index in [4.69, 9.17) is 4.74 Å². The minimum Gasteiger partial charge on any atom is -0.381 e. The van der Waals surface area contributed by atoms with Crippen molar-refractivity contribution in [2.75, 3.05) is 20.2 Å². The van der Waals surface area contributed by atoms with Crippen LogP contribution in [0.15, 0.2) is 0 Å². The molecule has 0 bridgehead atoms. The molecule has 1 saturated heterocycles. The SMILES string of the molecule is COC1CC(N2CC(C)NCC2C)C1(C)C. The minimum atomic E-state index is 0.306. The van der Waals surface area contributed by atoms with Crippen LogP contribution in [0.4, 0.5) is 0 Å². The maximum absolute atomic E-state index is 5.54. The lowest BCUT2D eigenvalue weighted by Gasteiger charge is -2.58. The van der Waals surface area contributed by atoms with Crippen molar-refractivity contribution < 1.29 is 4.74 Å². The van der Waals surface area contributed by atoms with Crippen molar-refractivity contribution in [1.82, 2.24) is 10.2 Å². The molecule has 1 aliphatic heterocycles. The van der Waals surface area contributed by atoms with E-state index >= 15 is 0 Å². The summed E-state index contributed by atoms with van der Waals surface area (Å²) >= 11 is 0. The summed E-state index contributed by atoms with van der Waals surface area (Å²) in [4.78, 5) is 2.68. The van der Waals surface area contributed by atoms with Gasteiger partial charge in [0, 0.05) is 43.7 Å². The van der Waals surface area contributed by atoms with Crippen LogP contribution in [0.1, 0.15) is 34.1 Å². The van der Waals surface area contributed by atoms with Crippen LogP contribution in [0.5, 0.6) is 0 Å². The van der Waals surface area contributed by atoms with Gasteiger partial charge in [-0.05, 0) is 20.3 Å². The van der Waals surface area contributed by atoms with Crippen molar-refractivity contribution in [2.45, 2.75) is 58.3 Å². The van der Waals surface area contributed by atoms with Crippen molar-refractivity contribution in [1.29, 1.82) is 0 Å². The van der Waals surface area contributed by atoms with Gasteiger partial charge in [0.1, 0.15) is 0 Å². The van der Waals surface area contributed by atoms with E-state index in [2.05, 4.69) is 37.9 Å². The molecule has 3 heteroatoms. The molecule has 0 aromatic heterocycles. The van der Waals surface area contributed by atoms with Crippen LogP contribution in [0.25, 0.3) is 0 Å². The predicted molar refractivity (Wildman–Crippen MR) is 66.6 cm³/mol. The van der Waals surface area contributed by atoms with Crippen molar-refractivity contribution in [3.63, 3.8) is 0 Å². The summed E-state index contributed by atoms with van der Waals surface area (Å²) in [6.07, 6.45) is 1.63. The van der Waals surface area contributed by atoms with E-state index in [0.717, 1.165) is 6.54 Å². The van der Waals surface area contributed by atoms with Gasteiger partial charge in [-0.15, -0.1) is 0 Å². The number of nitrogens with zero attached hydrogens (tertiary/aromatic N) is 1. The number of rotatable bonds is 2. The average molecular weight is 226 g/mol. The lowest BCUT2D eigenvalue weighted by atomic mass is 9.63. The molecule has 2 fully saturated rings. The summed E-state index contributed by atoms with van der Waals surface area (Å²) in [7, 11) is 1.84. The lowest BCUT2D eigenvalue weighted by Crippen LogP contribution is -2.68. The van der Waals surface area contributed by atoms with E-state index in [-0.39, 0.29) is 0 Å². The van der Waals surface area contributed by atoms with Crippen LogP contribution >= 0.6 is 0 Å². The molecule has 1 N–H and O–H groups in total. The standard InChI is InChI=1S/C13H26N2O/c1-9-8-15(10(2)7-14-9)11-6-12(16-5)13(11,3)4/h9-12,14H,6-8H2,1-5H3. The summed E-state index contributed by atoms with van der Waals surface area (Å²) in [6.45, 7) is 11.6. The van der Waals surface area contributed by atoms with Gasteiger partial charge < -0.3 is 10.1 Å². The van der Waals surface area contributed by atoms with E-state index < -0.39 is 0 Å². The molecule has 0 aromatic carbocycles. The number of hydrogen-bond acceptors (Lipinski definition) is 3. The van der Waals surface area contributed by atoms with Crippen LogP contribution in [0.2, 0.25) is 0 Å². The fourth-order valence-corrected chi connectivity index (χ4v) is 3.31. The molecule has 0 spiro atoms. The van der Waals surface area contributed by atoms with Gasteiger partial charge in [-0.25, -0.2) is 0 Å². The Bertz CT molecular complexity index is 254. The Kier molecular flexibility index (Phi) is 3.30. The first-order valence-electron chi connectivity index (χ1n) is 6.48. The zero-order chi connectivity index (χ0) is 11.9. The molecular formula is C13H26N2O. The van der Waals surface area contributed by atoms with E-state index in [9.17, 15) is 0 Å². The van der Waals surface area contributed by atoms with Crippen LogP contribution in [-0.4, -0.2) is 49.3 Å². The smallest absolute Gasteiger partial charge is 0.0652 e. The van der Waals surface area contributed by atoms with E-state index in [1.807, 2.05) is 7.11 Å². The van der Waals surface area contributed by atoms with Gasteiger partial charge in [0.05, 0.1) is 6.10 Å². The van der Waals surface area contributed by atoms with Crippen molar-refractivity contribution in [3.05, 3.63) is 0 Å². The summed E-state index contributed by atoms with van der Waals surface area (Å²) in [5.74, 6) is 0. The van der Waals surface area contributed by atoms with Crippen LogP contribution < -0.4 is 5.32 Å². The fraction of sp³-hybridized carbons (Fsp3) is 1.00. The molecule has 1 saturated carbocycles. The third kappa shape index (κ3) is 1.89. The highest BCUT2D eigenvalue weighted by Crippen LogP contribution is 2.46. The highest BCUT2D eigenvalue weighted by atomic mass is 16.5. The molecule has 1 aliphatic carbocycles. The first-order valence-corrected chi connectivity index (χ1v) is 6.48. The number of ether oxygens (including phenoxy) is 1. The Morgan fingerprint density at radius 3 is 2.56 bits per heavy atom. The second kappa shape index (κ2) is 4.28. The number of methoxy groups -OCH3 is 1. The second-order valence-corrected chi connectivity index (χ2v) is 6.15. The Morgan fingerprint density at radius 1 is 1.31 bits per heavy atom.